The van der Waals surface area contributed by atoms with E-state index in [0.29, 0.717) is 5.82 Å². The average Bonchev–Trinajstić information content (AvgIpc) is 1.69. The molecule has 13 heavy (non-hydrogen) atoms. The Bertz CT molecular complexity index is 150. The van der Waals surface area contributed by atoms with Crippen molar-refractivity contribution < 1.29 is 196 Å². The van der Waals surface area contributed by atoms with E-state index in [-0.39, 0.29) is 196 Å². The second-order valence-corrected chi connectivity index (χ2v) is 1.08. The van der Waals surface area contributed by atoms with Crippen LogP contribution in [0.3, 0.4) is 0 Å². The van der Waals surface area contributed by atoms with Gasteiger partial charge in [0.25, 0.3) is 0 Å². The van der Waals surface area contributed by atoms with Crippen LogP contribution in [-0.2, 0) is 196 Å². The van der Waals surface area contributed by atoms with Gasteiger partial charge >= 0.3 is 0 Å². The summed E-state index contributed by atoms with van der Waals surface area (Å²) in [5.41, 5.74) is 0. The molecule has 0 spiro atoms. The molecule has 1 aromatic heterocycles. The van der Waals surface area contributed by atoms with Gasteiger partial charge in [-0.2, -0.15) is 12.7 Å². The van der Waals surface area contributed by atoms with Gasteiger partial charge in [-0.25, -0.2) is 0 Å². The smallest absolute Gasteiger partial charge is 0 e. The summed E-state index contributed by atoms with van der Waals surface area (Å²) in [5, 5.41) is 0. The largest absolute Gasteiger partial charge is 0.505 e. The predicted octanol–water partition coefficient (Wildman–Crippen LogP) is -0.235. The minimum Gasteiger partial charge on any atom is -0.505 e. The van der Waals surface area contributed by atoms with Crippen molar-refractivity contribution in [2.75, 3.05) is 0 Å². The molecule has 1 aromatic rings. The van der Waals surface area contributed by atoms with Crippen molar-refractivity contribution in [3.05, 3.63) is 18.5 Å². The summed E-state index contributed by atoms with van der Waals surface area (Å²) in [4.78, 5) is 10.6. The summed E-state index contributed by atoms with van der Waals surface area (Å²) in [6, 6.07) is 0. The topological polar surface area (TPSA) is 38.7 Å². The van der Waals surface area contributed by atoms with E-state index >= 15 is 0 Å². The summed E-state index contributed by atoms with van der Waals surface area (Å²) < 4.78 is 0. The van der Waals surface area contributed by atoms with Crippen molar-refractivity contribution in [3.63, 3.8) is 0 Å². The number of aryl methyl sites for hydroxylation is 1. The zero-order valence-electron chi connectivity index (χ0n) is 7.31. The van der Waals surface area contributed by atoms with Crippen LogP contribution in [-0.4, -0.2) is 15.0 Å². The average molecular weight is 627 g/mol. The van der Waals surface area contributed by atoms with E-state index in [9.17, 15) is 0 Å². The van der Waals surface area contributed by atoms with Gasteiger partial charge in [-0.3, -0.25) is 0 Å². The third-order valence-corrected chi connectivity index (χ3v) is 0.524. The van der Waals surface area contributed by atoms with Crippen molar-refractivity contribution in [1.82, 2.24) is 15.0 Å². The Balaban J connectivity index is -0.0000000204. The molecule has 1 rings (SSSR count). The molecule has 3 nitrogen and oxygen atoms in total. The van der Waals surface area contributed by atoms with E-state index in [1.165, 1.54) is 0 Å². The van der Waals surface area contributed by atoms with Gasteiger partial charge in [-0.15, -0.1) is 5.82 Å². The van der Waals surface area contributed by atoms with Crippen LogP contribution in [0.5, 0.6) is 0 Å². The quantitative estimate of drug-likeness (QED) is 0.374. The van der Waals surface area contributed by atoms with Crippen LogP contribution in [0.4, 0.5) is 0 Å². The molecule has 0 aliphatic rings. The summed E-state index contributed by atoms with van der Waals surface area (Å²) in [7, 11) is 0. The van der Waals surface area contributed by atoms with Gasteiger partial charge < -0.3 is 15.0 Å². The van der Waals surface area contributed by atoms with Gasteiger partial charge in [0.05, 0.1) is 0 Å². The van der Waals surface area contributed by atoms with Crippen LogP contribution in [0.15, 0.2) is 0 Å². The summed E-state index contributed by atoms with van der Waals surface area (Å²) in [6.45, 7) is 1.76. The normalized spacial score (nSPS) is 4.69. The van der Waals surface area contributed by atoms with Crippen LogP contribution in [0, 0.1) is 19.6 Å². The molecule has 0 N–H and O–H groups in total. The third-order valence-electron chi connectivity index (χ3n) is 0.524. The van der Waals surface area contributed by atoms with Gasteiger partial charge in [0.1, 0.15) is 0 Å². The summed E-state index contributed by atoms with van der Waals surface area (Å²) in [5.74, 6) is 0.648. The molecule has 0 atom stereocenters. The first-order valence-corrected chi connectivity index (χ1v) is 1.84. The van der Waals surface area contributed by atoms with E-state index in [1.54, 1.807) is 6.92 Å². The standard InChI is InChI=1S/C4H3N3.6Y/c1-4-6-2-5-3-7-4;;;;;;/h1H3;;;;;;/q-2;;;;;;. The van der Waals surface area contributed by atoms with Crippen molar-refractivity contribution in [2.24, 2.45) is 0 Å². The zero-order valence-corrected chi connectivity index (χ0v) is 24.3. The minimum absolute atomic E-state index is 0. The van der Waals surface area contributed by atoms with Crippen LogP contribution in [0.25, 0.3) is 0 Å². The number of hydrogen-bond acceptors (Lipinski definition) is 3. The SMILES string of the molecule is Cc1n[c-]n[c-]n1.[Y].[Y].[Y].[Y].[Y].[Y]. The molecular weight excluding hydrogens is 624 g/mol. The van der Waals surface area contributed by atoms with Crippen LogP contribution < -0.4 is 0 Å². The molecule has 0 aromatic carbocycles. The van der Waals surface area contributed by atoms with Crippen molar-refractivity contribution in [3.8, 4) is 0 Å². The molecule has 0 bridgehead atoms. The maximum Gasteiger partial charge on any atom is 0 e. The Kier molecular flexibility index (Phi) is 73.3. The summed E-state index contributed by atoms with van der Waals surface area (Å²) in [6.07, 6.45) is 4.69. The Labute approximate surface area is 230 Å². The van der Waals surface area contributed by atoms with Crippen LogP contribution in [0.2, 0.25) is 0 Å². The van der Waals surface area contributed by atoms with E-state index in [0.717, 1.165) is 0 Å². The van der Waals surface area contributed by atoms with E-state index < -0.39 is 0 Å². The molecule has 9 heteroatoms. The van der Waals surface area contributed by atoms with E-state index in [4.69, 9.17) is 0 Å². The first kappa shape index (κ1) is 36.3. The van der Waals surface area contributed by atoms with Crippen molar-refractivity contribution in [1.29, 1.82) is 0 Å². The molecule has 0 fully saturated rings. The molecule has 0 amide bonds. The van der Waals surface area contributed by atoms with Gasteiger partial charge in [-0.05, 0) is 0 Å². The first-order valence-electron chi connectivity index (χ1n) is 1.84. The van der Waals surface area contributed by atoms with Gasteiger partial charge in [0, 0.05) is 196 Å². The number of aromatic nitrogens is 3. The molecule has 0 unspecified atom stereocenters. The van der Waals surface area contributed by atoms with Crippen molar-refractivity contribution >= 4 is 0 Å². The Hall–Kier alpha value is 5.63. The third kappa shape index (κ3) is 23.2. The maximum atomic E-state index is 3.60. The molecule has 1 heterocycles. The zero-order chi connectivity index (χ0) is 5.11. The van der Waals surface area contributed by atoms with Crippen molar-refractivity contribution in [2.45, 2.75) is 6.92 Å². The molecular formula is C4H3N3Y6-2. The number of hydrogen-bond donors (Lipinski definition) is 0. The number of nitrogens with zero attached hydrogens (tertiary/aromatic N) is 3. The minimum atomic E-state index is 0. The fraction of sp³-hybridized carbons (Fsp3) is 0.250. The Morgan fingerprint density at radius 2 is 1.08 bits per heavy atom. The second-order valence-electron chi connectivity index (χ2n) is 1.08. The first-order chi connectivity index (χ1) is 3.39. The monoisotopic (exact) mass is 626 g/mol. The molecule has 6 radical (unpaired) electrons. The van der Waals surface area contributed by atoms with Gasteiger partial charge in [-0.1, -0.05) is 6.92 Å². The van der Waals surface area contributed by atoms with Gasteiger partial charge in [0.15, 0.2) is 0 Å². The molecule has 0 saturated carbocycles. The summed E-state index contributed by atoms with van der Waals surface area (Å²) >= 11 is 0. The van der Waals surface area contributed by atoms with Gasteiger partial charge in [0.2, 0.25) is 0 Å². The Morgan fingerprint density at radius 1 is 0.769 bits per heavy atom. The molecule has 0 aliphatic carbocycles. The fourth-order valence-electron chi connectivity index (χ4n) is 0.242. The number of rotatable bonds is 0. The van der Waals surface area contributed by atoms with E-state index in [2.05, 4.69) is 27.6 Å². The van der Waals surface area contributed by atoms with E-state index in [1.807, 2.05) is 0 Å². The molecule has 0 aliphatic heterocycles. The maximum absolute atomic E-state index is 3.60. The van der Waals surface area contributed by atoms with Crippen LogP contribution in [0.1, 0.15) is 5.82 Å². The predicted molar refractivity (Wildman–Crippen MR) is 22.2 cm³/mol. The fourth-order valence-corrected chi connectivity index (χ4v) is 0.242. The van der Waals surface area contributed by atoms with Crippen LogP contribution >= 0.6 is 0 Å². The second kappa shape index (κ2) is 26.2. The molecule has 54 valence electrons. The Morgan fingerprint density at radius 3 is 1.23 bits per heavy atom. The molecule has 0 saturated heterocycles.